The van der Waals surface area contributed by atoms with Gasteiger partial charge in [0.15, 0.2) is 0 Å². The minimum atomic E-state index is -0.0526. The summed E-state index contributed by atoms with van der Waals surface area (Å²) < 4.78 is 0. The van der Waals surface area contributed by atoms with Crippen LogP contribution in [0.1, 0.15) is 36.1 Å². The van der Waals surface area contributed by atoms with Crippen LogP contribution in [0.2, 0.25) is 0 Å². The molecule has 0 heterocycles. The lowest BCUT2D eigenvalue weighted by Gasteiger charge is -2.27. The SMILES string of the molecule is CCP(CP(CC)c1cccc(C)c1C)c1cccc(C)c1C. The average Bonchev–Trinajstić information content (AvgIpc) is 2.55. The summed E-state index contributed by atoms with van der Waals surface area (Å²) in [5.74, 6) is 1.38. The van der Waals surface area contributed by atoms with Crippen molar-refractivity contribution in [1.29, 1.82) is 0 Å². The molecule has 0 saturated heterocycles. The quantitative estimate of drug-likeness (QED) is 0.578. The molecule has 0 radical (unpaired) electrons. The van der Waals surface area contributed by atoms with Gasteiger partial charge in [0, 0.05) is 0 Å². The molecule has 23 heavy (non-hydrogen) atoms. The maximum absolute atomic E-state index is 2.38. The minimum Gasteiger partial charge on any atom is -0.0706 e. The predicted molar refractivity (Wildman–Crippen MR) is 111 cm³/mol. The maximum atomic E-state index is 2.38. The number of rotatable bonds is 6. The third-order valence-corrected chi connectivity index (χ3v) is 11.5. The lowest BCUT2D eigenvalue weighted by molar-refractivity contribution is 1.36. The molecule has 0 fully saturated rings. The van der Waals surface area contributed by atoms with E-state index in [9.17, 15) is 0 Å². The summed E-state index contributed by atoms with van der Waals surface area (Å²) in [7, 11) is -0.105. The summed E-state index contributed by atoms with van der Waals surface area (Å²) in [6, 6.07) is 13.7. The van der Waals surface area contributed by atoms with E-state index < -0.39 is 0 Å². The first-order valence-corrected chi connectivity index (χ1v) is 12.0. The van der Waals surface area contributed by atoms with E-state index in [1.807, 2.05) is 0 Å². The monoisotopic (exact) mass is 344 g/mol. The van der Waals surface area contributed by atoms with E-state index in [0.717, 1.165) is 0 Å². The molecule has 0 aliphatic rings. The Labute approximate surface area is 145 Å². The van der Waals surface area contributed by atoms with E-state index in [-0.39, 0.29) is 15.8 Å². The van der Waals surface area contributed by atoms with Gasteiger partial charge in [0.1, 0.15) is 0 Å². The molecular weight excluding hydrogens is 314 g/mol. The standard InChI is InChI=1S/C21H30P2/c1-7-22(20-13-9-11-16(3)18(20)5)15-23(8-2)21-14-10-12-17(4)19(21)6/h9-14H,7-8,15H2,1-6H3. The molecule has 2 unspecified atom stereocenters. The molecule has 2 aromatic rings. The van der Waals surface area contributed by atoms with Crippen LogP contribution in [0.3, 0.4) is 0 Å². The van der Waals surface area contributed by atoms with Crippen molar-refractivity contribution in [1.82, 2.24) is 0 Å². The van der Waals surface area contributed by atoms with Gasteiger partial charge in [-0.3, -0.25) is 0 Å². The molecule has 0 N–H and O–H groups in total. The second-order valence-electron chi connectivity index (χ2n) is 6.29. The van der Waals surface area contributed by atoms with Gasteiger partial charge in [-0.2, -0.15) is 0 Å². The zero-order chi connectivity index (χ0) is 17.0. The van der Waals surface area contributed by atoms with Crippen molar-refractivity contribution in [3.8, 4) is 0 Å². The van der Waals surface area contributed by atoms with E-state index in [1.165, 1.54) is 40.5 Å². The molecule has 2 atom stereocenters. The summed E-state index contributed by atoms with van der Waals surface area (Å²) in [5.41, 5.74) is 5.92. The highest BCUT2D eigenvalue weighted by atomic mass is 31.2. The Morgan fingerprint density at radius 2 is 1.04 bits per heavy atom. The fourth-order valence-corrected chi connectivity index (χ4v) is 10.1. The Bertz CT molecular complexity index is 603. The van der Waals surface area contributed by atoms with Crippen molar-refractivity contribution in [3.63, 3.8) is 0 Å². The van der Waals surface area contributed by atoms with Crippen LogP contribution in [-0.4, -0.2) is 18.2 Å². The lowest BCUT2D eigenvalue weighted by Crippen LogP contribution is -2.15. The summed E-state index contributed by atoms with van der Waals surface area (Å²) in [6.07, 6.45) is 2.59. The van der Waals surface area contributed by atoms with Gasteiger partial charge >= 0.3 is 0 Å². The van der Waals surface area contributed by atoms with E-state index in [2.05, 4.69) is 77.9 Å². The molecule has 0 nitrogen and oxygen atoms in total. The van der Waals surface area contributed by atoms with Crippen molar-refractivity contribution < 1.29 is 0 Å². The van der Waals surface area contributed by atoms with Crippen LogP contribution in [-0.2, 0) is 0 Å². The van der Waals surface area contributed by atoms with Gasteiger partial charge in [-0.25, -0.2) is 0 Å². The maximum Gasteiger partial charge on any atom is -0.00399 e. The van der Waals surface area contributed by atoms with Crippen LogP contribution < -0.4 is 10.6 Å². The van der Waals surface area contributed by atoms with Crippen LogP contribution in [0.4, 0.5) is 0 Å². The van der Waals surface area contributed by atoms with Gasteiger partial charge in [-0.15, -0.1) is 0 Å². The first kappa shape index (κ1) is 18.6. The third-order valence-electron chi connectivity index (χ3n) is 4.94. The van der Waals surface area contributed by atoms with Gasteiger partial charge in [0.05, 0.1) is 0 Å². The normalized spacial score (nSPS) is 13.8. The molecule has 2 heteroatoms. The van der Waals surface area contributed by atoms with Crippen LogP contribution in [0.25, 0.3) is 0 Å². The zero-order valence-corrected chi connectivity index (χ0v) is 17.3. The Balaban J connectivity index is 2.32. The zero-order valence-electron chi connectivity index (χ0n) is 15.5. The number of hydrogen-bond donors (Lipinski definition) is 0. The van der Waals surface area contributed by atoms with Crippen molar-refractivity contribution in [2.45, 2.75) is 41.5 Å². The molecule has 0 aliphatic carbocycles. The van der Waals surface area contributed by atoms with Crippen LogP contribution in [0.5, 0.6) is 0 Å². The first-order valence-electron chi connectivity index (χ1n) is 8.61. The smallest absolute Gasteiger partial charge is 0.00399 e. The Kier molecular flexibility index (Phi) is 6.82. The van der Waals surface area contributed by atoms with Crippen molar-refractivity contribution in [2.75, 3.05) is 18.2 Å². The fraction of sp³-hybridized carbons (Fsp3) is 0.429. The third kappa shape index (κ3) is 4.23. The molecule has 0 aliphatic heterocycles. The van der Waals surface area contributed by atoms with Gasteiger partial charge < -0.3 is 0 Å². The number of benzene rings is 2. The molecule has 0 saturated carbocycles. The topological polar surface area (TPSA) is 0 Å². The summed E-state index contributed by atoms with van der Waals surface area (Å²) in [5, 5.41) is 3.27. The molecule has 124 valence electrons. The van der Waals surface area contributed by atoms with Crippen LogP contribution in [0.15, 0.2) is 36.4 Å². The van der Waals surface area contributed by atoms with Crippen LogP contribution in [0, 0.1) is 27.7 Å². The molecule has 0 aromatic heterocycles. The largest absolute Gasteiger partial charge is 0.0706 e. The van der Waals surface area contributed by atoms with Gasteiger partial charge in [0.25, 0.3) is 0 Å². The molecule has 2 aromatic carbocycles. The van der Waals surface area contributed by atoms with Gasteiger partial charge in [0.2, 0.25) is 0 Å². The van der Waals surface area contributed by atoms with Gasteiger partial charge in [-0.1, -0.05) is 66.1 Å². The molecule has 0 spiro atoms. The summed E-state index contributed by atoms with van der Waals surface area (Å²) in [6.45, 7) is 13.9. The number of aryl methyl sites for hydroxylation is 2. The molecule has 0 bridgehead atoms. The summed E-state index contributed by atoms with van der Waals surface area (Å²) >= 11 is 0. The predicted octanol–water partition coefficient (Wildman–Crippen LogP) is 5.83. The van der Waals surface area contributed by atoms with Crippen molar-refractivity contribution in [2.24, 2.45) is 0 Å². The molecule has 0 amide bonds. The molecule has 2 rings (SSSR count). The lowest BCUT2D eigenvalue weighted by atomic mass is 10.1. The Morgan fingerprint density at radius 1 is 0.652 bits per heavy atom. The Hall–Kier alpha value is -0.700. The van der Waals surface area contributed by atoms with E-state index in [0.29, 0.717) is 0 Å². The fourth-order valence-electron chi connectivity index (χ4n) is 3.06. The Morgan fingerprint density at radius 3 is 1.39 bits per heavy atom. The molecular formula is C21H30P2. The van der Waals surface area contributed by atoms with E-state index >= 15 is 0 Å². The highest BCUT2D eigenvalue weighted by molar-refractivity contribution is 7.81. The van der Waals surface area contributed by atoms with Crippen molar-refractivity contribution >= 4 is 26.5 Å². The second kappa shape index (κ2) is 8.41. The van der Waals surface area contributed by atoms with E-state index in [4.69, 9.17) is 0 Å². The number of hydrogen-bond acceptors (Lipinski definition) is 0. The van der Waals surface area contributed by atoms with Gasteiger partial charge in [-0.05, 0) is 78.8 Å². The summed E-state index contributed by atoms with van der Waals surface area (Å²) in [4.78, 5) is 0. The highest BCUT2D eigenvalue weighted by Gasteiger charge is 2.19. The first-order chi connectivity index (χ1) is 11.0. The van der Waals surface area contributed by atoms with E-state index in [1.54, 1.807) is 10.6 Å². The highest BCUT2D eigenvalue weighted by Crippen LogP contribution is 2.50. The minimum absolute atomic E-state index is 0.0526. The second-order valence-corrected chi connectivity index (χ2v) is 11.8. The van der Waals surface area contributed by atoms with Crippen LogP contribution >= 0.6 is 15.8 Å². The average molecular weight is 344 g/mol. The van der Waals surface area contributed by atoms with Crippen molar-refractivity contribution in [3.05, 3.63) is 58.7 Å².